The van der Waals surface area contributed by atoms with Crippen LogP contribution < -0.4 is 20.8 Å². The fraction of sp³-hybridized carbons (Fsp3) is 0.240. The molecule has 0 radical (unpaired) electrons. The SMILES string of the molecule is CN(C)c1ccc(P(c2ccccc2)c2ccccc2)c(C2=NC(C)(C)CO2)c1. The zero-order valence-electron chi connectivity index (χ0n) is 17.5. The molecule has 0 atom stereocenters. The summed E-state index contributed by atoms with van der Waals surface area (Å²) < 4.78 is 6.09. The van der Waals surface area contributed by atoms with Gasteiger partial charge in [0.25, 0.3) is 0 Å². The number of aliphatic imine (C=N–C) groups is 1. The lowest BCUT2D eigenvalue weighted by Crippen LogP contribution is -2.26. The van der Waals surface area contributed by atoms with Crippen molar-refractivity contribution in [1.82, 2.24) is 0 Å². The van der Waals surface area contributed by atoms with Crippen molar-refractivity contribution < 1.29 is 4.74 Å². The van der Waals surface area contributed by atoms with Crippen LogP contribution in [0.25, 0.3) is 0 Å². The van der Waals surface area contributed by atoms with Gasteiger partial charge in [0, 0.05) is 25.3 Å². The third-order valence-electron chi connectivity index (χ3n) is 4.96. The van der Waals surface area contributed by atoms with Crippen LogP contribution in [0.3, 0.4) is 0 Å². The number of ether oxygens (including phenoxy) is 1. The monoisotopic (exact) mass is 402 g/mol. The highest BCUT2D eigenvalue weighted by atomic mass is 31.1. The van der Waals surface area contributed by atoms with Gasteiger partial charge in [0.05, 0.1) is 5.54 Å². The number of anilines is 1. The summed E-state index contributed by atoms with van der Waals surface area (Å²) in [4.78, 5) is 7.03. The van der Waals surface area contributed by atoms with E-state index in [-0.39, 0.29) is 5.54 Å². The van der Waals surface area contributed by atoms with Crippen molar-refractivity contribution in [1.29, 1.82) is 0 Å². The molecule has 1 aliphatic rings. The first-order chi connectivity index (χ1) is 13.9. The quantitative estimate of drug-likeness (QED) is 0.601. The van der Waals surface area contributed by atoms with Gasteiger partial charge in [0.15, 0.2) is 0 Å². The number of hydrogen-bond acceptors (Lipinski definition) is 3. The second-order valence-electron chi connectivity index (χ2n) is 8.12. The van der Waals surface area contributed by atoms with Crippen molar-refractivity contribution in [2.75, 3.05) is 25.6 Å². The Morgan fingerprint density at radius 3 is 1.93 bits per heavy atom. The maximum Gasteiger partial charge on any atom is 0.217 e. The Hall–Kier alpha value is -2.64. The van der Waals surface area contributed by atoms with E-state index >= 15 is 0 Å². The van der Waals surface area contributed by atoms with E-state index in [1.165, 1.54) is 15.9 Å². The van der Waals surface area contributed by atoms with E-state index in [0.29, 0.717) is 6.61 Å². The molecule has 0 aliphatic carbocycles. The molecule has 148 valence electrons. The molecule has 3 aromatic carbocycles. The minimum Gasteiger partial charge on any atom is -0.475 e. The Balaban J connectivity index is 1.93. The smallest absolute Gasteiger partial charge is 0.217 e. The van der Waals surface area contributed by atoms with Crippen LogP contribution >= 0.6 is 7.92 Å². The molecular weight excluding hydrogens is 375 g/mol. The van der Waals surface area contributed by atoms with Gasteiger partial charge in [-0.05, 0) is 49.8 Å². The Morgan fingerprint density at radius 2 is 1.45 bits per heavy atom. The molecule has 1 heterocycles. The molecule has 0 bridgehead atoms. The minimum absolute atomic E-state index is 0.191. The highest BCUT2D eigenvalue weighted by Gasteiger charge is 2.30. The third kappa shape index (κ3) is 4.21. The molecule has 4 heteroatoms. The summed E-state index contributed by atoms with van der Waals surface area (Å²) in [6, 6.07) is 28.2. The normalized spacial score (nSPS) is 15.1. The molecule has 29 heavy (non-hydrogen) atoms. The van der Waals surface area contributed by atoms with Gasteiger partial charge in [0.1, 0.15) is 6.61 Å². The van der Waals surface area contributed by atoms with E-state index in [0.717, 1.165) is 17.1 Å². The van der Waals surface area contributed by atoms with Crippen LogP contribution in [-0.2, 0) is 4.74 Å². The summed E-state index contributed by atoms with van der Waals surface area (Å²) in [5, 5.41) is 3.93. The number of rotatable bonds is 5. The average molecular weight is 402 g/mol. The van der Waals surface area contributed by atoms with Gasteiger partial charge < -0.3 is 9.64 Å². The van der Waals surface area contributed by atoms with Crippen LogP contribution in [0.2, 0.25) is 0 Å². The maximum absolute atomic E-state index is 6.09. The Labute approximate surface area is 174 Å². The highest BCUT2D eigenvalue weighted by molar-refractivity contribution is 7.80. The zero-order valence-corrected chi connectivity index (χ0v) is 18.4. The minimum atomic E-state index is -0.725. The lowest BCUT2D eigenvalue weighted by atomic mass is 10.1. The molecule has 0 aromatic heterocycles. The van der Waals surface area contributed by atoms with Crippen LogP contribution in [0.5, 0.6) is 0 Å². The number of hydrogen-bond donors (Lipinski definition) is 0. The average Bonchev–Trinajstić information content (AvgIpc) is 3.09. The van der Waals surface area contributed by atoms with Gasteiger partial charge in [-0.15, -0.1) is 0 Å². The highest BCUT2D eigenvalue weighted by Crippen LogP contribution is 2.36. The topological polar surface area (TPSA) is 24.8 Å². The van der Waals surface area contributed by atoms with Crippen LogP contribution in [-0.4, -0.2) is 32.1 Å². The molecule has 0 fully saturated rings. The van der Waals surface area contributed by atoms with E-state index in [4.69, 9.17) is 9.73 Å². The van der Waals surface area contributed by atoms with Crippen molar-refractivity contribution in [3.8, 4) is 0 Å². The van der Waals surface area contributed by atoms with E-state index in [9.17, 15) is 0 Å². The Bertz CT molecular complexity index is 974. The molecule has 0 N–H and O–H groups in total. The molecule has 0 unspecified atom stereocenters. The fourth-order valence-electron chi connectivity index (χ4n) is 3.47. The van der Waals surface area contributed by atoms with Crippen molar-refractivity contribution >= 4 is 35.4 Å². The first kappa shape index (κ1) is 19.7. The molecule has 0 amide bonds. The van der Waals surface area contributed by atoms with Crippen molar-refractivity contribution in [2.45, 2.75) is 19.4 Å². The van der Waals surface area contributed by atoms with Crippen LogP contribution in [0.1, 0.15) is 19.4 Å². The van der Waals surface area contributed by atoms with Gasteiger partial charge in [-0.2, -0.15) is 0 Å². The van der Waals surface area contributed by atoms with E-state index in [1.807, 2.05) is 0 Å². The second kappa shape index (κ2) is 8.00. The standard InChI is InChI=1S/C25H27N2OP/c1-25(2)18-28-24(26-25)22-17-19(27(3)4)15-16-23(22)29(20-11-7-5-8-12-20)21-13-9-6-10-14-21/h5-17H,18H2,1-4H3. The summed E-state index contributed by atoms with van der Waals surface area (Å²) in [6.45, 7) is 4.85. The lowest BCUT2D eigenvalue weighted by Gasteiger charge is -2.24. The summed E-state index contributed by atoms with van der Waals surface area (Å²) in [5.74, 6) is 0.757. The summed E-state index contributed by atoms with van der Waals surface area (Å²) >= 11 is 0. The predicted octanol–water partition coefficient (Wildman–Crippen LogP) is 4.07. The fourth-order valence-corrected chi connectivity index (χ4v) is 5.89. The van der Waals surface area contributed by atoms with Gasteiger partial charge in [-0.3, -0.25) is 0 Å². The van der Waals surface area contributed by atoms with Gasteiger partial charge in [-0.25, -0.2) is 4.99 Å². The second-order valence-corrected chi connectivity index (χ2v) is 10.3. The van der Waals surface area contributed by atoms with Crippen molar-refractivity contribution in [3.63, 3.8) is 0 Å². The third-order valence-corrected chi connectivity index (χ3v) is 7.46. The molecule has 0 saturated carbocycles. The largest absolute Gasteiger partial charge is 0.475 e. The first-order valence-corrected chi connectivity index (χ1v) is 11.2. The van der Waals surface area contributed by atoms with Gasteiger partial charge in [-0.1, -0.05) is 66.7 Å². The molecule has 3 aromatic rings. The number of benzene rings is 3. The molecular formula is C25H27N2OP. The molecule has 0 saturated heterocycles. The summed E-state index contributed by atoms with van der Waals surface area (Å²) in [5.41, 5.74) is 2.06. The molecule has 4 rings (SSSR count). The van der Waals surface area contributed by atoms with Gasteiger partial charge in [0.2, 0.25) is 5.90 Å². The predicted molar refractivity (Wildman–Crippen MR) is 126 cm³/mol. The molecule has 0 spiro atoms. The zero-order chi connectivity index (χ0) is 20.4. The molecule has 1 aliphatic heterocycles. The maximum atomic E-state index is 6.09. The van der Waals surface area contributed by atoms with Crippen molar-refractivity contribution in [3.05, 3.63) is 84.4 Å². The van der Waals surface area contributed by atoms with Crippen LogP contribution in [0.15, 0.2) is 83.9 Å². The van der Waals surface area contributed by atoms with Crippen molar-refractivity contribution in [2.24, 2.45) is 4.99 Å². The molecule has 3 nitrogen and oxygen atoms in total. The summed E-state index contributed by atoms with van der Waals surface area (Å²) in [6.07, 6.45) is 0. The number of nitrogens with zero attached hydrogens (tertiary/aromatic N) is 2. The Morgan fingerprint density at radius 1 is 0.862 bits per heavy atom. The van der Waals surface area contributed by atoms with Crippen LogP contribution in [0, 0.1) is 0 Å². The first-order valence-electron chi connectivity index (χ1n) is 9.89. The Kier molecular flexibility index (Phi) is 5.43. The summed E-state index contributed by atoms with van der Waals surface area (Å²) in [7, 11) is 3.41. The van der Waals surface area contributed by atoms with Gasteiger partial charge >= 0.3 is 0 Å². The van der Waals surface area contributed by atoms with E-state index in [2.05, 4.69) is 112 Å². The van der Waals surface area contributed by atoms with Crippen LogP contribution in [0.4, 0.5) is 5.69 Å². The van der Waals surface area contributed by atoms with E-state index in [1.54, 1.807) is 0 Å². The lowest BCUT2D eigenvalue weighted by molar-refractivity contribution is 0.279. The van der Waals surface area contributed by atoms with E-state index < -0.39 is 7.92 Å².